The minimum atomic E-state index is -0.768. The van der Waals surface area contributed by atoms with Crippen molar-refractivity contribution in [2.75, 3.05) is 6.54 Å². The molecule has 0 spiro atoms. The Kier molecular flexibility index (Phi) is 7.03. The molecule has 6 heteroatoms. The van der Waals surface area contributed by atoms with Gasteiger partial charge in [-0.1, -0.05) is 32.4 Å². The smallest absolute Gasteiger partial charge is 0.254 e. The third-order valence-corrected chi connectivity index (χ3v) is 3.44. The van der Waals surface area contributed by atoms with Crippen LogP contribution in [0.1, 0.15) is 37.0 Å². The van der Waals surface area contributed by atoms with Gasteiger partial charge in [0.15, 0.2) is 0 Å². The van der Waals surface area contributed by atoms with Crippen LogP contribution in [0.4, 0.5) is 4.39 Å². The van der Waals surface area contributed by atoms with Crippen LogP contribution in [-0.4, -0.2) is 24.4 Å². The summed E-state index contributed by atoms with van der Waals surface area (Å²) >= 11 is 0. The number of halogens is 1. The molecule has 1 unspecified atom stereocenters. The number of hydrogen-bond acceptors (Lipinski definition) is 3. The summed E-state index contributed by atoms with van der Waals surface area (Å²) in [4.78, 5) is 24.3. The van der Waals surface area contributed by atoms with Gasteiger partial charge in [-0.3, -0.25) is 9.59 Å². The van der Waals surface area contributed by atoms with Crippen LogP contribution >= 0.6 is 0 Å². The van der Waals surface area contributed by atoms with E-state index in [1.54, 1.807) is 6.07 Å². The number of benzene rings is 1. The summed E-state index contributed by atoms with van der Waals surface area (Å²) in [5, 5.41) is 13.7. The molecular weight excluding hydrogens is 285 g/mol. The van der Waals surface area contributed by atoms with Crippen molar-refractivity contribution in [3.63, 3.8) is 0 Å². The first-order valence-corrected chi connectivity index (χ1v) is 7.21. The number of nitrogens with zero attached hydrogens (tertiary/aromatic N) is 1. The molecule has 0 heterocycles. The van der Waals surface area contributed by atoms with Crippen molar-refractivity contribution in [2.45, 2.75) is 32.7 Å². The van der Waals surface area contributed by atoms with E-state index in [9.17, 15) is 14.0 Å². The van der Waals surface area contributed by atoms with Crippen LogP contribution < -0.4 is 10.6 Å². The number of amides is 2. The molecule has 0 fully saturated rings. The molecule has 2 N–H and O–H groups in total. The fourth-order valence-electron chi connectivity index (χ4n) is 1.92. The molecule has 2 amide bonds. The highest BCUT2D eigenvalue weighted by atomic mass is 19.1. The van der Waals surface area contributed by atoms with Gasteiger partial charge in [-0.25, -0.2) is 4.39 Å². The Morgan fingerprint density at radius 2 is 2.05 bits per heavy atom. The SMILES string of the molecule is CCC(C)[C@H](NC(=O)c1ccccc1F)C(=O)NCCC#N. The maximum Gasteiger partial charge on any atom is 0.254 e. The highest BCUT2D eigenvalue weighted by Gasteiger charge is 2.26. The molecule has 0 saturated heterocycles. The van der Waals surface area contributed by atoms with Crippen LogP contribution in [0, 0.1) is 23.1 Å². The normalized spacial score (nSPS) is 12.8. The minimum absolute atomic E-state index is 0.0966. The van der Waals surface area contributed by atoms with Crippen molar-refractivity contribution in [1.82, 2.24) is 10.6 Å². The lowest BCUT2D eigenvalue weighted by atomic mass is 9.97. The van der Waals surface area contributed by atoms with Gasteiger partial charge in [0.2, 0.25) is 5.91 Å². The van der Waals surface area contributed by atoms with Crippen LogP contribution in [0.25, 0.3) is 0 Å². The maximum atomic E-state index is 13.6. The van der Waals surface area contributed by atoms with E-state index < -0.39 is 17.8 Å². The first-order valence-electron chi connectivity index (χ1n) is 7.21. The van der Waals surface area contributed by atoms with Crippen LogP contribution in [0.5, 0.6) is 0 Å². The van der Waals surface area contributed by atoms with E-state index in [0.29, 0.717) is 6.42 Å². The summed E-state index contributed by atoms with van der Waals surface area (Å²) in [5.41, 5.74) is -0.0966. The number of carbonyl (C=O) groups excluding carboxylic acids is 2. The van der Waals surface area contributed by atoms with Gasteiger partial charge in [0.05, 0.1) is 18.1 Å². The summed E-state index contributed by atoms with van der Waals surface area (Å²) in [5.74, 6) is -1.74. The van der Waals surface area contributed by atoms with Crippen LogP contribution in [0.15, 0.2) is 24.3 Å². The first kappa shape index (κ1) is 17.6. The molecule has 0 aliphatic rings. The van der Waals surface area contributed by atoms with Crippen molar-refractivity contribution >= 4 is 11.8 Å². The number of nitriles is 1. The monoisotopic (exact) mass is 305 g/mol. The Morgan fingerprint density at radius 1 is 1.36 bits per heavy atom. The zero-order valence-electron chi connectivity index (χ0n) is 12.7. The Hall–Kier alpha value is -2.42. The second-order valence-electron chi connectivity index (χ2n) is 5.02. The van der Waals surface area contributed by atoms with Gasteiger partial charge >= 0.3 is 0 Å². The van der Waals surface area contributed by atoms with Crippen molar-refractivity contribution in [3.8, 4) is 6.07 Å². The number of hydrogen-bond donors (Lipinski definition) is 2. The van der Waals surface area contributed by atoms with E-state index in [-0.39, 0.29) is 30.4 Å². The zero-order valence-corrected chi connectivity index (χ0v) is 12.7. The molecule has 0 aliphatic heterocycles. The third kappa shape index (κ3) is 4.85. The van der Waals surface area contributed by atoms with E-state index in [1.807, 2.05) is 19.9 Å². The van der Waals surface area contributed by atoms with Gasteiger partial charge in [-0.15, -0.1) is 0 Å². The van der Waals surface area contributed by atoms with Gasteiger partial charge in [0, 0.05) is 6.54 Å². The Balaban J connectivity index is 2.81. The second-order valence-corrected chi connectivity index (χ2v) is 5.02. The Morgan fingerprint density at radius 3 is 2.64 bits per heavy atom. The van der Waals surface area contributed by atoms with E-state index in [0.717, 1.165) is 0 Å². The number of rotatable bonds is 7. The predicted molar refractivity (Wildman–Crippen MR) is 80.3 cm³/mol. The van der Waals surface area contributed by atoms with Gasteiger partial charge in [0.1, 0.15) is 11.9 Å². The lowest BCUT2D eigenvalue weighted by Crippen LogP contribution is -2.50. The number of carbonyl (C=O) groups is 2. The van der Waals surface area contributed by atoms with Gasteiger partial charge in [0.25, 0.3) is 5.91 Å². The van der Waals surface area contributed by atoms with Crippen molar-refractivity contribution < 1.29 is 14.0 Å². The fraction of sp³-hybridized carbons (Fsp3) is 0.438. The first-order chi connectivity index (χ1) is 10.5. The molecule has 2 atom stereocenters. The quantitative estimate of drug-likeness (QED) is 0.756. The molecule has 1 rings (SSSR count). The lowest BCUT2D eigenvalue weighted by Gasteiger charge is -2.23. The summed E-state index contributed by atoms with van der Waals surface area (Å²) in [6, 6.07) is 6.77. The van der Waals surface area contributed by atoms with Crippen LogP contribution in [0.2, 0.25) is 0 Å². The summed E-state index contributed by atoms with van der Waals surface area (Å²) in [6.45, 7) is 3.95. The molecular formula is C16H20FN3O2. The van der Waals surface area contributed by atoms with Gasteiger partial charge in [-0.2, -0.15) is 5.26 Å². The average Bonchev–Trinajstić information content (AvgIpc) is 2.52. The molecule has 22 heavy (non-hydrogen) atoms. The molecule has 0 radical (unpaired) electrons. The molecule has 0 saturated carbocycles. The Labute approximate surface area is 129 Å². The topological polar surface area (TPSA) is 82.0 Å². The van der Waals surface area contributed by atoms with Crippen LogP contribution in [-0.2, 0) is 4.79 Å². The molecule has 5 nitrogen and oxygen atoms in total. The highest BCUT2D eigenvalue weighted by molar-refractivity contribution is 5.97. The Bertz CT molecular complexity index is 569. The van der Waals surface area contributed by atoms with Gasteiger partial charge in [-0.05, 0) is 18.1 Å². The van der Waals surface area contributed by atoms with E-state index in [4.69, 9.17) is 5.26 Å². The van der Waals surface area contributed by atoms with Crippen LogP contribution in [0.3, 0.4) is 0 Å². The average molecular weight is 305 g/mol. The minimum Gasteiger partial charge on any atom is -0.353 e. The molecule has 0 aromatic heterocycles. The molecule has 1 aromatic carbocycles. The van der Waals surface area contributed by atoms with Crippen molar-refractivity contribution in [3.05, 3.63) is 35.6 Å². The standard InChI is InChI=1S/C16H20FN3O2/c1-3-11(2)14(16(22)19-10-6-9-18)20-15(21)12-7-4-5-8-13(12)17/h4-5,7-8,11,14H,3,6,10H2,1-2H3,(H,19,22)(H,20,21)/t11?,14-/m0/s1. The second kappa shape index (κ2) is 8.78. The predicted octanol–water partition coefficient (Wildman–Crippen LogP) is 2.00. The zero-order chi connectivity index (χ0) is 16.5. The van der Waals surface area contributed by atoms with E-state index >= 15 is 0 Å². The largest absolute Gasteiger partial charge is 0.353 e. The highest BCUT2D eigenvalue weighted by Crippen LogP contribution is 2.11. The lowest BCUT2D eigenvalue weighted by molar-refractivity contribution is -0.124. The van der Waals surface area contributed by atoms with Crippen molar-refractivity contribution in [2.24, 2.45) is 5.92 Å². The van der Waals surface area contributed by atoms with E-state index in [2.05, 4.69) is 10.6 Å². The summed E-state index contributed by atoms with van der Waals surface area (Å²) in [7, 11) is 0. The molecule has 0 aliphatic carbocycles. The van der Waals surface area contributed by atoms with Crippen molar-refractivity contribution in [1.29, 1.82) is 5.26 Å². The van der Waals surface area contributed by atoms with Gasteiger partial charge < -0.3 is 10.6 Å². The fourth-order valence-corrected chi connectivity index (χ4v) is 1.92. The van der Waals surface area contributed by atoms with E-state index in [1.165, 1.54) is 18.2 Å². The summed E-state index contributed by atoms with van der Waals surface area (Å²) < 4.78 is 13.6. The third-order valence-electron chi connectivity index (χ3n) is 3.44. The molecule has 1 aromatic rings. The molecule has 118 valence electrons. The number of nitrogens with one attached hydrogen (secondary N) is 2. The molecule has 0 bridgehead atoms. The summed E-state index contributed by atoms with van der Waals surface area (Å²) in [6.07, 6.45) is 0.869. The maximum absolute atomic E-state index is 13.6.